The second-order valence-electron chi connectivity index (χ2n) is 8.76. The first-order valence-electron chi connectivity index (χ1n) is 9.03. The predicted octanol–water partition coefficient (Wildman–Crippen LogP) is 3.63. The highest BCUT2D eigenvalue weighted by Crippen LogP contribution is 2.25. The molecule has 9 heteroatoms. The third-order valence-corrected chi connectivity index (χ3v) is 6.93. The average Bonchev–Trinajstić information content (AvgIpc) is 2.51. The normalized spacial score (nSPS) is 13.3. The summed E-state index contributed by atoms with van der Waals surface area (Å²) < 4.78 is 60.2. The van der Waals surface area contributed by atoms with Gasteiger partial charge in [-0.25, -0.2) is 26.3 Å². The molecule has 0 saturated heterocycles. The Hall–Kier alpha value is -1.94. The van der Waals surface area contributed by atoms with Crippen molar-refractivity contribution in [1.29, 1.82) is 0 Å². The monoisotopic (exact) mass is 440 g/mol. The molecule has 2 aromatic carbocycles. The van der Waals surface area contributed by atoms with Gasteiger partial charge < -0.3 is 4.74 Å². The minimum Gasteiger partial charge on any atom is -0.457 e. The molecule has 2 aromatic rings. The number of benzene rings is 2. The van der Waals surface area contributed by atoms with Gasteiger partial charge in [0.15, 0.2) is 0 Å². The fraction of sp³-hybridized carbons (Fsp3) is 0.400. The van der Waals surface area contributed by atoms with Crippen molar-refractivity contribution < 1.29 is 21.6 Å². The smallest absolute Gasteiger partial charge is 0.241 e. The summed E-state index contributed by atoms with van der Waals surface area (Å²) in [5, 5.41) is 0. The summed E-state index contributed by atoms with van der Waals surface area (Å²) >= 11 is 0. The van der Waals surface area contributed by atoms with E-state index >= 15 is 0 Å². The van der Waals surface area contributed by atoms with E-state index in [1.807, 2.05) is 0 Å². The standard InChI is InChI=1S/C20H28N2O5S2/c1-19(2,3)21-28(23,24)17-11-7-15(8-12-17)27-16-9-13-18(14-10-16)29(25,26)22-20(4,5)6/h7-14,21-22H,1-6H3. The lowest BCUT2D eigenvalue weighted by atomic mass is 10.1. The molecule has 2 rings (SSSR count). The summed E-state index contributed by atoms with van der Waals surface area (Å²) in [4.78, 5) is 0.268. The Morgan fingerprint density at radius 2 is 0.862 bits per heavy atom. The molecule has 29 heavy (non-hydrogen) atoms. The van der Waals surface area contributed by atoms with Crippen LogP contribution >= 0.6 is 0 Å². The first-order chi connectivity index (χ1) is 13.1. The molecule has 0 unspecified atom stereocenters. The van der Waals surface area contributed by atoms with Crippen LogP contribution in [0.2, 0.25) is 0 Å². The van der Waals surface area contributed by atoms with E-state index in [0.29, 0.717) is 11.5 Å². The van der Waals surface area contributed by atoms with Crippen molar-refractivity contribution in [3.05, 3.63) is 48.5 Å². The molecule has 160 valence electrons. The predicted molar refractivity (Wildman–Crippen MR) is 113 cm³/mol. The molecular formula is C20H28N2O5S2. The Morgan fingerprint density at radius 3 is 1.10 bits per heavy atom. The van der Waals surface area contributed by atoms with Gasteiger partial charge in [0.05, 0.1) is 9.79 Å². The number of hydrogen-bond donors (Lipinski definition) is 2. The second-order valence-corrected chi connectivity index (χ2v) is 12.1. The highest BCUT2D eigenvalue weighted by Gasteiger charge is 2.23. The lowest BCUT2D eigenvalue weighted by molar-refractivity contribution is 0.480. The number of hydrogen-bond acceptors (Lipinski definition) is 5. The highest BCUT2D eigenvalue weighted by atomic mass is 32.2. The van der Waals surface area contributed by atoms with Crippen LogP contribution in [0.1, 0.15) is 41.5 Å². The van der Waals surface area contributed by atoms with Crippen LogP contribution in [0.3, 0.4) is 0 Å². The van der Waals surface area contributed by atoms with Crippen molar-refractivity contribution in [2.24, 2.45) is 0 Å². The average molecular weight is 441 g/mol. The summed E-state index contributed by atoms with van der Waals surface area (Å²) in [5.74, 6) is 0.867. The molecular weight excluding hydrogens is 412 g/mol. The van der Waals surface area contributed by atoms with Gasteiger partial charge in [0.1, 0.15) is 11.5 Å². The lowest BCUT2D eigenvalue weighted by Gasteiger charge is -2.20. The Morgan fingerprint density at radius 1 is 0.586 bits per heavy atom. The Balaban J connectivity index is 2.13. The molecule has 0 atom stereocenters. The Kier molecular flexibility index (Phi) is 6.49. The van der Waals surface area contributed by atoms with E-state index in [2.05, 4.69) is 9.44 Å². The van der Waals surface area contributed by atoms with Crippen LogP contribution in [-0.4, -0.2) is 27.9 Å². The first-order valence-corrected chi connectivity index (χ1v) is 12.0. The Bertz CT molecular complexity index is 958. The van der Waals surface area contributed by atoms with Gasteiger partial charge in [-0.3, -0.25) is 0 Å². The van der Waals surface area contributed by atoms with Crippen LogP contribution in [0.4, 0.5) is 0 Å². The van der Waals surface area contributed by atoms with Crippen molar-refractivity contribution >= 4 is 20.0 Å². The highest BCUT2D eigenvalue weighted by molar-refractivity contribution is 7.89. The number of rotatable bonds is 6. The second kappa shape index (κ2) is 8.06. The summed E-state index contributed by atoms with van der Waals surface area (Å²) in [6.45, 7) is 10.6. The van der Waals surface area contributed by atoms with E-state index in [-0.39, 0.29) is 9.79 Å². The summed E-state index contributed by atoms with van der Waals surface area (Å²) in [6, 6.07) is 12.0. The third kappa shape index (κ3) is 7.11. The molecule has 0 saturated carbocycles. The van der Waals surface area contributed by atoms with Gasteiger partial charge in [-0.1, -0.05) is 0 Å². The third-order valence-electron chi connectivity index (χ3n) is 3.38. The number of ether oxygens (including phenoxy) is 1. The van der Waals surface area contributed by atoms with Crippen molar-refractivity contribution in [3.63, 3.8) is 0 Å². The molecule has 2 N–H and O–H groups in total. The molecule has 0 radical (unpaired) electrons. The molecule has 0 aliphatic heterocycles. The van der Waals surface area contributed by atoms with Gasteiger partial charge >= 0.3 is 0 Å². The maximum absolute atomic E-state index is 12.3. The zero-order chi connectivity index (χ0) is 22.1. The van der Waals surface area contributed by atoms with E-state index in [1.54, 1.807) is 65.8 Å². The fourth-order valence-corrected chi connectivity index (χ4v) is 5.27. The van der Waals surface area contributed by atoms with E-state index < -0.39 is 31.1 Å². The summed E-state index contributed by atoms with van der Waals surface area (Å²) in [6.07, 6.45) is 0. The van der Waals surface area contributed by atoms with Crippen molar-refractivity contribution in [1.82, 2.24) is 9.44 Å². The van der Waals surface area contributed by atoms with Crippen LogP contribution in [0, 0.1) is 0 Å². The van der Waals surface area contributed by atoms with Crippen LogP contribution in [0.25, 0.3) is 0 Å². The topological polar surface area (TPSA) is 102 Å². The van der Waals surface area contributed by atoms with E-state index in [9.17, 15) is 16.8 Å². The summed E-state index contributed by atoms with van der Waals surface area (Å²) in [5.41, 5.74) is -1.17. The van der Waals surface area contributed by atoms with Gasteiger partial charge in [-0.05, 0) is 90.1 Å². The van der Waals surface area contributed by atoms with Crippen molar-refractivity contribution in [2.45, 2.75) is 62.4 Å². The van der Waals surface area contributed by atoms with Crippen molar-refractivity contribution in [3.8, 4) is 11.5 Å². The van der Waals surface area contributed by atoms with Crippen LogP contribution in [0.5, 0.6) is 11.5 Å². The van der Waals surface area contributed by atoms with Gasteiger partial charge in [-0.2, -0.15) is 0 Å². The largest absolute Gasteiger partial charge is 0.457 e. The van der Waals surface area contributed by atoms with Crippen LogP contribution in [0.15, 0.2) is 58.3 Å². The molecule has 0 aliphatic rings. The molecule has 7 nitrogen and oxygen atoms in total. The molecule has 0 spiro atoms. The minimum atomic E-state index is -3.62. The van der Waals surface area contributed by atoms with Gasteiger partial charge in [-0.15, -0.1) is 0 Å². The summed E-state index contributed by atoms with van der Waals surface area (Å²) in [7, 11) is -7.25. The zero-order valence-corrected chi connectivity index (χ0v) is 19.1. The zero-order valence-electron chi connectivity index (χ0n) is 17.5. The molecule has 0 heterocycles. The van der Waals surface area contributed by atoms with Crippen molar-refractivity contribution in [2.75, 3.05) is 0 Å². The molecule has 0 bridgehead atoms. The lowest BCUT2D eigenvalue weighted by Crippen LogP contribution is -2.40. The van der Waals surface area contributed by atoms with Gasteiger partial charge in [0, 0.05) is 11.1 Å². The SMILES string of the molecule is CC(C)(C)NS(=O)(=O)c1ccc(Oc2ccc(S(=O)(=O)NC(C)(C)C)cc2)cc1. The molecule has 0 aliphatic carbocycles. The van der Waals surface area contributed by atoms with Gasteiger partial charge in [0.2, 0.25) is 20.0 Å². The van der Waals surface area contributed by atoms with Crippen LogP contribution < -0.4 is 14.2 Å². The number of nitrogens with one attached hydrogen (secondary N) is 2. The quantitative estimate of drug-likeness (QED) is 0.714. The maximum atomic E-state index is 12.3. The van der Waals surface area contributed by atoms with E-state index in [4.69, 9.17) is 4.74 Å². The molecule has 0 amide bonds. The molecule has 0 fully saturated rings. The van der Waals surface area contributed by atoms with E-state index in [1.165, 1.54) is 24.3 Å². The first kappa shape index (κ1) is 23.3. The Labute approximate surface area is 173 Å². The maximum Gasteiger partial charge on any atom is 0.241 e. The number of sulfonamides is 2. The van der Waals surface area contributed by atoms with Crippen LogP contribution in [-0.2, 0) is 20.0 Å². The minimum absolute atomic E-state index is 0.134. The fourth-order valence-electron chi connectivity index (χ4n) is 2.43. The van der Waals surface area contributed by atoms with E-state index in [0.717, 1.165) is 0 Å². The molecule has 0 aromatic heterocycles. The van der Waals surface area contributed by atoms with Gasteiger partial charge in [0.25, 0.3) is 0 Å².